The van der Waals surface area contributed by atoms with Gasteiger partial charge >= 0.3 is 5.97 Å². The maximum atomic E-state index is 12.2. The minimum absolute atomic E-state index is 0.0223. The van der Waals surface area contributed by atoms with E-state index < -0.39 is 33.4 Å². The van der Waals surface area contributed by atoms with E-state index in [0.717, 1.165) is 0 Å². The zero-order valence-corrected chi connectivity index (χ0v) is 14.5. The van der Waals surface area contributed by atoms with Gasteiger partial charge in [-0.05, 0) is 32.0 Å². The van der Waals surface area contributed by atoms with Crippen LogP contribution in [0.2, 0.25) is 0 Å². The second-order valence-electron chi connectivity index (χ2n) is 6.37. The molecule has 0 aliphatic carbocycles. The second kappa shape index (κ2) is 6.45. The van der Waals surface area contributed by atoms with Crippen molar-refractivity contribution in [1.82, 2.24) is 5.32 Å². The third-order valence-corrected chi connectivity index (χ3v) is 4.84. The lowest BCUT2D eigenvalue weighted by Crippen LogP contribution is -2.51. The number of carboxylic acid groups (broad SMARTS) is 1. The molecule has 1 aromatic rings. The van der Waals surface area contributed by atoms with Crippen molar-refractivity contribution >= 4 is 33.5 Å². The normalized spacial score (nSPS) is 18.3. The van der Waals surface area contributed by atoms with Crippen LogP contribution in [0, 0.1) is 5.92 Å². The lowest BCUT2D eigenvalue weighted by atomic mass is 10.0. The molecular weight excluding hydrogens is 350 g/mol. The Morgan fingerprint density at radius 3 is 2.56 bits per heavy atom. The Bertz CT molecular complexity index is 833. The third kappa shape index (κ3) is 4.15. The lowest BCUT2D eigenvalue weighted by Gasteiger charge is -2.23. The van der Waals surface area contributed by atoms with Crippen molar-refractivity contribution < 1.29 is 27.9 Å². The maximum Gasteiger partial charge on any atom is 0.328 e. The Kier molecular flexibility index (Phi) is 4.87. The van der Waals surface area contributed by atoms with Crippen LogP contribution in [0.15, 0.2) is 29.2 Å². The van der Waals surface area contributed by atoms with Gasteiger partial charge in [-0.2, -0.15) is 0 Å². The molecule has 0 radical (unpaired) electrons. The standard InChI is InChI=1S/C15H19N3O6S/c1-15(2,14(21)22)17-13(20)9-6-12(19)18(8-9)10-4-3-5-11(7-10)25(16,23)24/h3-5,7,9H,6,8H2,1-2H3,(H,17,20)(H,21,22)(H2,16,23,24). The van der Waals surface area contributed by atoms with Gasteiger partial charge in [0.2, 0.25) is 21.8 Å². The van der Waals surface area contributed by atoms with E-state index in [1.807, 2.05) is 0 Å². The van der Waals surface area contributed by atoms with Gasteiger partial charge in [0.1, 0.15) is 5.54 Å². The average Bonchev–Trinajstić information content (AvgIpc) is 2.88. The molecule has 0 bridgehead atoms. The van der Waals surface area contributed by atoms with Crippen molar-refractivity contribution in [2.24, 2.45) is 11.1 Å². The molecule has 1 fully saturated rings. The van der Waals surface area contributed by atoms with E-state index in [-0.39, 0.29) is 23.8 Å². The number of sulfonamides is 1. The molecule has 1 atom stereocenters. The van der Waals surface area contributed by atoms with Gasteiger partial charge in [0.05, 0.1) is 10.8 Å². The molecule has 2 amide bonds. The molecule has 1 aliphatic heterocycles. The van der Waals surface area contributed by atoms with Gasteiger partial charge in [0, 0.05) is 18.7 Å². The predicted molar refractivity (Wildman–Crippen MR) is 88.1 cm³/mol. The summed E-state index contributed by atoms with van der Waals surface area (Å²) < 4.78 is 22.9. The van der Waals surface area contributed by atoms with Crippen LogP contribution >= 0.6 is 0 Å². The predicted octanol–water partition coefficient (Wildman–Crippen LogP) is -0.334. The average molecular weight is 369 g/mol. The van der Waals surface area contributed by atoms with Crippen LogP contribution in [0.3, 0.4) is 0 Å². The van der Waals surface area contributed by atoms with Crippen LogP contribution in [0.5, 0.6) is 0 Å². The third-order valence-electron chi connectivity index (χ3n) is 3.92. The highest BCUT2D eigenvalue weighted by atomic mass is 32.2. The first-order chi connectivity index (χ1) is 11.4. The maximum absolute atomic E-state index is 12.2. The highest BCUT2D eigenvalue weighted by Crippen LogP contribution is 2.27. The van der Waals surface area contributed by atoms with Crippen molar-refractivity contribution in [2.45, 2.75) is 30.7 Å². The molecule has 2 rings (SSSR count). The van der Waals surface area contributed by atoms with Crippen molar-refractivity contribution in [2.75, 3.05) is 11.4 Å². The summed E-state index contributed by atoms with van der Waals surface area (Å²) in [4.78, 5) is 36.7. The Balaban J connectivity index is 2.18. The highest BCUT2D eigenvalue weighted by Gasteiger charge is 2.38. The molecule has 0 aromatic heterocycles. The Morgan fingerprint density at radius 1 is 1.36 bits per heavy atom. The smallest absolute Gasteiger partial charge is 0.328 e. The molecule has 136 valence electrons. The summed E-state index contributed by atoms with van der Waals surface area (Å²) in [5, 5.41) is 16.5. The summed E-state index contributed by atoms with van der Waals surface area (Å²) in [6.45, 7) is 2.71. The van der Waals surface area contributed by atoms with Gasteiger partial charge in [-0.25, -0.2) is 18.4 Å². The number of carboxylic acids is 1. The van der Waals surface area contributed by atoms with Crippen molar-refractivity contribution in [3.8, 4) is 0 Å². The number of hydrogen-bond donors (Lipinski definition) is 3. The van der Waals surface area contributed by atoms with E-state index >= 15 is 0 Å². The molecule has 1 aromatic carbocycles. The van der Waals surface area contributed by atoms with E-state index in [4.69, 9.17) is 10.2 Å². The van der Waals surface area contributed by atoms with Crippen LogP contribution in [-0.2, 0) is 24.4 Å². The highest BCUT2D eigenvalue weighted by molar-refractivity contribution is 7.89. The van der Waals surface area contributed by atoms with E-state index in [0.29, 0.717) is 5.69 Å². The summed E-state index contributed by atoms with van der Waals surface area (Å²) >= 11 is 0. The quantitative estimate of drug-likeness (QED) is 0.647. The molecule has 10 heteroatoms. The van der Waals surface area contributed by atoms with Gasteiger partial charge < -0.3 is 15.3 Å². The van der Waals surface area contributed by atoms with Crippen molar-refractivity contribution in [3.05, 3.63) is 24.3 Å². The van der Waals surface area contributed by atoms with Crippen LogP contribution in [0.25, 0.3) is 0 Å². The summed E-state index contributed by atoms with van der Waals surface area (Å²) in [5.74, 6) is -2.84. The van der Waals surface area contributed by atoms with Crippen LogP contribution in [-0.4, -0.2) is 43.4 Å². The number of anilines is 1. The zero-order valence-electron chi connectivity index (χ0n) is 13.7. The SMILES string of the molecule is CC(C)(NC(=O)C1CC(=O)N(c2cccc(S(N)(=O)=O)c2)C1)C(=O)O. The number of carbonyl (C=O) groups is 3. The van der Waals surface area contributed by atoms with Gasteiger partial charge in [-0.1, -0.05) is 6.07 Å². The number of primary sulfonamides is 1. The first-order valence-corrected chi connectivity index (χ1v) is 8.95. The first-order valence-electron chi connectivity index (χ1n) is 7.40. The Labute approximate surface area is 144 Å². The number of hydrogen-bond acceptors (Lipinski definition) is 5. The number of nitrogens with zero attached hydrogens (tertiary/aromatic N) is 1. The number of aliphatic carboxylic acids is 1. The Hall–Kier alpha value is -2.46. The Morgan fingerprint density at radius 2 is 2.00 bits per heavy atom. The van der Waals surface area contributed by atoms with Gasteiger partial charge in [0.15, 0.2) is 0 Å². The summed E-state index contributed by atoms with van der Waals surface area (Å²) in [5.41, 5.74) is -1.15. The molecule has 1 aliphatic rings. The van der Waals surface area contributed by atoms with Gasteiger partial charge in [-0.3, -0.25) is 9.59 Å². The van der Waals surface area contributed by atoms with Crippen molar-refractivity contribution in [3.63, 3.8) is 0 Å². The summed E-state index contributed by atoms with van der Waals surface area (Å²) in [6, 6.07) is 5.55. The minimum Gasteiger partial charge on any atom is -0.480 e. The molecule has 0 spiro atoms. The fourth-order valence-corrected chi connectivity index (χ4v) is 2.98. The van der Waals surface area contributed by atoms with Crippen LogP contribution < -0.4 is 15.4 Å². The first kappa shape index (κ1) is 18.9. The summed E-state index contributed by atoms with van der Waals surface area (Å²) in [6.07, 6.45) is -0.0961. The minimum atomic E-state index is -3.92. The molecule has 4 N–H and O–H groups in total. The monoisotopic (exact) mass is 369 g/mol. The zero-order chi connectivity index (χ0) is 19.0. The largest absolute Gasteiger partial charge is 0.480 e. The second-order valence-corrected chi connectivity index (χ2v) is 7.93. The van der Waals surface area contributed by atoms with E-state index in [9.17, 15) is 22.8 Å². The van der Waals surface area contributed by atoms with Gasteiger partial charge in [0.25, 0.3) is 0 Å². The molecule has 9 nitrogen and oxygen atoms in total. The van der Waals surface area contributed by atoms with E-state index in [1.165, 1.54) is 43.0 Å². The van der Waals surface area contributed by atoms with Gasteiger partial charge in [-0.15, -0.1) is 0 Å². The van der Waals surface area contributed by atoms with Crippen LogP contribution in [0.1, 0.15) is 20.3 Å². The summed E-state index contributed by atoms with van der Waals surface area (Å²) in [7, 11) is -3.92. The molecule has 1 saturated heterocycles. The molecule has 0 saturated carbocycles. The van der Waals surface area contributed by atoms with E-state index in [1.54, 1.807) is 0 Å². The lowest BCUT2D eigenvalue weighted by molar-refractivity contribution is -0.146. The fourth-order valence-electron chi connectivity index (χ4n) is 2.42. The van der Waals surface area contributed by atoms with E-state index in [2.05, 4.69) is 5.32 Å². The van der Waals surface area contributed by atoms with Crippen LogP contribution in [0.4, 0.5) is 5.69 Å². The number of nitrogens with one attached hydrogen (secondary N) is 1. The molecule has 25 heavy (non-hydrogen) atoms. The molecular formula is C15H19N3O6S. The fraction of sp³-hybridized carbons (Fsp3) is 0.400. The molecule has 1 heterocycles. The molecule has 1 unspecified atom stereocenters. The number of benzene rings is 1. The number of nitrogens with two attached hydrogens (primary N) is 1. The number of rotatable bonds is 5. The van der Waals surface area contributed by atoms with Crippen molar-refractivity contribution in [1.29, 1.82) is 0 Å². The topological polar surface area (TPSA) is 147 Å². The number of carbonyl (C=O) groups excluding carboxylic acids is 2. The number of amides is 2.